The molecule has 1 unspecified atom stereocenters. The van der Waals surface area contributed by atoms with Gasteiger partial charge in [0.1, 0.15) is 0 Å². The van der Waals surface area contributed by atoms with Crippen molar-refractivity contribution in [2.75, 3.05) is 20.1 Å². The molecule has 0 aromatic heterocycles. The first-order valence-electron chi connectivity index (χ1n) is 6.58. The Labute approximate surface area is 114 Å². The third-order valence-electron chi connectivity index (χ3n) is 3.83. The Morgan fingerprint density at radius 3 is 2.84 bits per heavy atom. The molecule has 5 nitrogen and oxygen atoms in total. The van der Waals surface area contributed by atoms with Crippen molar-refractivity contribution < 1.29 is 8.42 Å². The van der Waals surface area contributed by atoms with E-state index in [1.54, 1.807) is 12.1 Å². The molecule has 2 aliphatic rings. The fourth-order valence-electron chi connectivity index (χ4n) is 2.76. The highest BCUT2D eigenvalue weighted by atomic mass is 32.2. The number of rotatable bonds is 3. The molecular formula is C13H19N3O2S. The van der Waals surface area contributed by atoms with Crippen LogP contribution in [-0.2, 0) is 23.1 Å². The Kier molecular flexibility index (Phi) is 3.34. The van der Waals surface area contributed by atoms with Crippen molar-refractivity contribution in [3.63, 3.8) is 0 Å². The summed E-state index contributed by atoms with van der Waals surface area (Å²) in [6.07, 6.45) is 0.877. The van der Waals surface area contributed by atoms with Gasteiger partial charge >= 0.3 is 0 Å². The molecule has 2 N–H and O–H groups in total. The van der Waals surface area contributed by atoms with Crippen LogP contribution in [0.2, 0.25) is 0 Å². The molecule has 104 valence electrons. The van der Waals surface area contributed by atoms with Gasteiger partial charge < -0.3 is 10.2 Å². The molecule has 2 aliphatic heterocycles. The number of sulfonamides is 1. The fourth-order valence-corrected chi connectivity index (χ4v) is 4.07. The van der Waals surface area contributed by atoms with Crippen molar-refractivity contribution in [3.8, 4) is 0 Å². The molecule has 3 rings (SSSR count). The standard InChI is InChI=1S/C13H19N3O2S/c1-16-5-4-12(9-16)15-19(17,18)13-3-2-10-7-14-8-11(10)6-13/h2-3,6,12,14-15H,4-5,7-9H2,1H3. The molecule has 0 aliphatic carbocycles. The number of fused-ring (bicyclic) bond motifs is 1. The Morgan fingerprint density at radius 2 is 2.11 bits per heavy atom. The fraction of sp³-hybridized carbons (Fsp3) is 0.538. The SMILES string of the molecule is CN1CCC(NS(=O)(=O)c2ccc3c(c2)CNC3)C1. The summed E-state index contributed by atoms with van der Waals surface area (Å²) in [5, 5.41) is 3.22. The van der Waals surface area contributed by atoms with Crippen molar-refractivity contribution in [3.05, 3.63) is 29.3 Å². The Hall–Kier alpha value is -0.950. The molecule has 1 aromatic carbocycles. The number of likely N-dealkylation sites (tertiary alicyclic amines) is 1. The second-order valence-corrected chi connectivity index (χ2v) is 7.12. The van der Waals surface area contributed by atoms with Crippen molar-refractivity contribution >= 4 is 10.0 Å². The summed E-state index contributed by atoms with van der Waals surface area (Å²) in [5.41, 5.74) is 2.28. The predicted molar refractivity (Wildman–Crippen MR) is 73.2 cm³/mol. The van der Waals surface area contributed by atoms with Crippen LogP contribution in [0.25, 0.3) is 0 Å². The Morgan fingerprint density at radius 1 is 1.32 bits per heavy atom. The van der Waals surface area contributed by atoms with E-state index in [9.17, 15) is 8.42 Å². The first-order chi connectivity index (χ1) is 9.04. The van der Waals surface area contributed by atoms with Crippen molar-refractivity contribution in [1.29, 1.82) is 0 Å². The highest BCUT2D eigenvalue weighted by Gasteiger charge is 2.26. The zero-order valence-electron chi connectivity index (χ0n) is 11.0. The van der Waals surface area contributed by atoms with Crippen LogP contribution < -0.4 is 10.0 Å². The summed E-state index contributed by atoms with van der Waals surface area (Å²) in [7, 11) is -1.38. The van der Waals surface area contributed by atoms with Gasteiger partial charge in [0.2, 0.25) is 10.0 Å². The zero-order valence-corrected chi connectivity index (χ0v) is 11.8. The number of likely N-dealkylation sites (N-methyl/N-ethyl adjacent to an activating group) is 1. The molecule has 0 saturated carbocycles. The van der Waals surface area contributed by atoms with Crippen LogP contribution >= 0.6 is 0 Å². The van der Waals surface area contributed by atoms with Gasteiger partial charge in [0, 0.05) is 25.7 Å². The number of nitrogens with one attached hydrogen (secondary N) is 2. The quantitative estimate of drug-likeness (QED) is 0.835. The van der Waals surface area contributed by atoms with Crippen LogP contribution in [0.4, 0.5) is 0 Å². The topological polar surface area (TPSA) is 61.4 Å². The molecule has 0 radical (unpaired) electrons. The summed E-state index contributed by atoms with van der Waals surface area (Å²) in [5.74, 6) is 0. The van der Waals surface area contributed by atoms with Crippen LogP contribution in [0.3, 0.4) is 0 Å². The lowest BCUT2D eigenvalue weighted by molar-refractivity contribution is 0.407. The molecule has 1 atom stereocenters. The van der Waals surface area contributed by atoms with E-state index in [4.69, 9.17) is 0 Å². The molecule has 2 heterocycles. The van der Waals surface area contributed by atoms with Gasteiger partial charge in [0.15, 0.2) is 0 Å². The summed E-state index contributed by atoms with van der Waals surface area (Å²) >= 11 is 0. The molecule has 1 fully saturated rings. The highest BCUT2D eigenvalue weighted by molar-refractivity contribution is 7.89. The highest BCUT2D eigenvalue weighted by Crippen LogP contribution is 2.20. The van der Waals surface area contributed by atoms with E-state index in [2.05, 4.69) is 14.9 Å². The lowest BCUT2D eigenvalue weighted by Gasteiger charge is -2.14. The third-order valence-corrected chi connectivity index (χ3v) is 5.35. The monoisotopic (exact) mass is 281 g/mol. The van der Waals surface area contributed by atoms with Crippen LogP contribution in [0.5, 0.6) is 0 Å². The maximum absolute atomic E-state index is 12.3. The molecule has 6 heteroatoms. The first-order valence-corrected chi connectivity index (χ1v) is 8.06. The molecule has 0 amide bonds. The minimum atomic E-state index is -3.39. The maximum Gasteiger partial charge on any atom is 0.240 e. The second-order valence-electron chi connectivity index (χ2n) is 5.40. The second kappa shape index (κ2) is 4.86. The van der Waals surface area contributed by atoms with E-state index >= 15 is 0 Å². The largest absolute Gasteiger partial charge is 0.309 e. The molecule has 1 aromatic rings. The number of nitrogens with zero attached hydrogens (tertiary/aromatic N) is 1. The Bertz CT molecular complexity index is 586. The maximum atomic E-state index is 12.3. The average Bonchev–Trinajstić information content (AvgIpc) is 2.96. The lowest BCUT2D eigenvalue weighted by Crippen LogP contribution is -2.36. The van der Waals surface area contributed by atoms with E-state index in [1.807, 2.05) is 13.1 Å². The van der Waals surface area contributed by atoms with Gasteiger partial charge in [-0.25, -0.2) is 13.1 Å². The van der Waals surface area contributed by atoms with E-state index in [0.29, 0.717) is 4.90 Å². The number of hydrogen-bond donors (Lipinski definition) is 2. The van der Waals surface area contributed by atoms with Gasteiger partial charge in [-0.1, -0.05) is 6.07 Å². The van der Waals surface area contributed by atoms with E-state index in [-0.39, 0.29) is 6.04 Å². The third kappa shape index (κ3) is 2.67. The zero-order chi connectivity index (χ0) is 13.5. The van der Waals surface area contributed by atoms with Gasteiger partial charge in [-0.15, -0.1) is 0 Å². The molecule has 1 saturated heterocycles. The first kappa shape index (κ1) is 13.1. The molecule has 19 heavy (non-hydrogen) atoms. The number of benzene rings is 1. The van der Waals surface area contributed by atoms with E-state index in [1.165, 1.54) is 5.56 Å². The van der Waals surface area contributed by atoms with Gasteiger partial charge in [-0.2, -0.15) is 0 Å². The van der Waals surface area contributed by atoms with Gasteiger partial charge in [0.25, 0.3) is 0 Å². The summed E-state index contributed by atoms with van der Waals surface area (Å²) in [6.45, 7) is 3.31. The number of hydrogen-bond acceptors (Lipinski definition) is 4. The van der Waals surface area contributed by atoms with E-state index in [0.717, 1.165) is 38.2 Å². The van der Waals surface area contributed by atoms with Crippen molar-refractivity contribution in [2.24, 2.45) is 0 Å². The lowest BCUT2D eigenvalue weighted by atomic mass is 10.1. The minimum Gasteiger partial charge on any atom is -0.309 e. The van der Waals surface area contributed by atoms with Gasteiger partial charge in [-0.3, -0.25) is 0 Å². The van der Waals surface area contributed by atoms with Crippen LogP contribution in [0, 0.1) is 0 Å². The van der Waals surface area contributed by atoms with Crippen LogP contribution in [0.15, 0.2) is 23.1 Å². The molecule has 0 bridgehead atoms. The van der Waals surface area contributed by atoms with Gasteiger partial charge in [0.05, 0.1) is 4.90 Å². The predicted octanol–water partition coefficient (Wildman–Crippen LogP) is 0.272. The molecular weight excluding hydrogens is 262 g/mol. The van der Waals surface area contributed by atoms with Crippen LogP contribution in [-0.4, -0.2) is 39.5 Å². The van der Waals surface area contributed by atoms with Gasteiger partial charge in [-0.05, 0) is 43.3 Å². The van der Waals surface area contributed by atoms with E-state index < -0.39 is 10.0 Å². The molecule has 0 spiro atoms. The smallest absolute Gasteiger partial charge is 0.240 e. The average molecular weight is 281 g/mol. The summed E-state index contributed by atoms with van der Waals surface area (Å²) < 4.78 is 27.5. The summed E-state index contributed by atoms with van der Waals surface area (Å²) in [4.78, 5) is 2.52. The summed E-state index contributed by atoms with van der Waals surface area (Å²) in [6, 6.07) is 5.43. The normalized spacial score (nSPS) is 23.7. The van der Waals surface area contributed by atoms with Crippen molar-refractivity contribution in [1.82, 2.24) is 14.9 Å². The van der Waals surface area contributed by atoms with Crippen LogP contribution in [0.1, 0.15) is 17.5 Å². The Balaban J connectivity index is 1.80. The minimum absolute atomic E-state index is 0.0291. The van der Waals surface area contributed by atoms with Crippen molar-refractivity contribution in [2.45, 2.75) is 30.4 Å².